The average molecular weight is 213 g/mol. The topological polar surface area (TPSA) is 12.4 Å². The van der Waals surface area contributed by atoms with Crippen molar-refractivity contribution in [1.29, 1.82) is 0 Å². The second-order valence-corrected chi connectivity index (χ2v) is 3.77. The average Bonchev–Trinajstić information content (AvgIpc) is 2.79. The van der Waals surface area contributed by atoms with Crippen LogP contribution in [0.15, 0.2) is 29.3 Å². The van der Waals surface area contributed by atoms with Crippen LogP contribution < -0.4 is 0 Å². The molecule has 1 atom stereocenters. The van der Waals surface area contributed by atoms with Crippen LogP contribution in [0.5, 0.6) is 0 Å². The Morgan fingerprint density at radius 2 is 1.53 bits per heavy atom. The van der Waals surface area contributed by atoms with Crippen LogP contribution in [0, 0.1) is 6.92 Å². The van der Waals surface area contributed by atoms with Gasteiger partial charge in [-0.05, 0) is 19.4 Å². The summed E-state index contributed by atoms with van der Waals surface area (Å²) in [5, 5.41) is 0. The van der Waals surface area contributed by atoms with Crippen LogP contribution >= 0.6 is 0 Å². The lowest BCUT2D eigenvalue weighted by molar-refractivity contribution is -0.156. The molecule has 0 radical (unpaired) electrons. The molecule has 1 nitrogen and oxygen atoms in total. The van der Waals surface area contributed by atoms with E-state index in [9.17, 15) is 13.2 Å². The van der Waals surface area contributed by atoms with Gasteiger partial charge in [0.1, 0.15) is 0 Å². The molecule has 1 aliphatic heterocycles. The fourth-order valence-electron chi connectivity index (χ4n) is 1.72. The van der Waals surface area contributed by atoms with Gasteiger partial charge in [0, 0.05) is 0 Å². The van der Waals surface area contributed by atoms with Gasteiger partial charge in [-0.1, -0.05) is 29.8 Å². The molecule has 15 heavy (non-hydrogen) atoms. The van der Waals surface area contributed by atoms with Gasteiger partial charge in [0.15, 0.2) is 0 Å². The third kappa shape index (κ3) is 1.35. The first-order valence-electron chi connectivity index (χ1n) is 4.59. The molecule has 1 aromatic carbocycles. The summed E-state index contributed by atoms with van der Waals surface area (Å²) in [7, 11) is 0. The van der Waals surface area contributed by atoms with Gasteiger partial charge in [-0.15, -0.1) is 0 Å². The first-order valence-corrected chi connectivity index (χ1v) is 4.59. The van der Waals surface area contributed by atoms with Gasteiger partial charge in [0.25, 0.3) is 0 Å². The number of aryl methyl sites for hydroxylation is 1. The Morgan fingerprint density at radius 3 is 1.87 bits per heavy atom. The lowest BCUT2D eigenvalue weighted by Crippen LogP contribution is -2.34. The summed E-state index contributed by atoms with van der Waals surface area (Å²) in [6.07, 6.45) is -4.33. The Morgan fingerprint density at radius 1 is 1.07 bits per heavy atom. The van der Waals surface area contributed by atoms with Crippen LogP contribution in [0.25, 0.3) is 0 Å². The number of rotatable bonds is 1. The SMILES string of the molecule is CC1=NC1(c1ccc(C)cc1)C(F)(F)F. The van der Waals surface area contributed by atoms with Crippen molar-refractivity contribution in [2.45, 2.75) is 25.6 Å². The molecule has 0 aromatic heterocycles. The number of halogens is 3. The number of nitrogens with zero attached hydrogens (tertiary/aromatic N) is 1. The summed E-state index contributed by atoms with van der Waals surface area (Å²) in [4.78, 5) is 3.55. The predicted octanol–water partition coefficient (Wildman–Crippen LogP) is 3.23. The van der Waals surface area contributed by atoms with Crippen molar-refractivity contribution in [3.63, 3.8) is 0 Å². The highest BCUT2D eigenvalue weighted by Gasteiger charge is 2.66. The van der Waals surface area contributed by atoms with E-state index in [2.05, 4.69) is 4.99 Å². The van der Waals surface area contributed by atoms with Crippen molar-refractivity contribution in [2.24, 2.45) is 4.99 Å². The molecule has 4 heteroatoms. The molecule has 0 bridgehead atoms. The molecule has 0 N–H and O–H groups in total. The zero-order chi connectivity index (χ0) is 11.3. The van der Waals surface area contributed by atoms with E-state index >= 15 is 0 Å². The van der Waals surface area contributed by atoms with Crippen molar-refractivity contribution >= 4 is 5.71 Å². The summed E-state index contributed by atoms with van der Waals surface area (Å²) in [6, 6.07) is 6.32. The van der Waals surface area contributed by atoms with Gasteiger partial charge in [-0.3, -0.25) is 4.99 Å². The van der Waals surface area contributed by atoms with Crippen LogP contribution in [-0.2, 0) is 5.54 Å². The number of hydrogen-bond acceptors (Lipinski definition) is 1. The number of hydrogen-bond donors (Lipinski definition) is 0. The summed E-state index contributed by atoms with van der Waals surface area (Å²) >= 11 is 0. The van der Waals surface area contributed by atoms with Crippen LogP contribution in [-0.4, -0.2) is 11.9 Å². The molecular weight excluding hydrogens is 203 g/mol. The van der Waals surface area contributed by atoms with Crippen LogP contribution in [0.2, 0.25) is 0 Å². The minimum atomic E-state index is -4.33. The Kier molecular flexibility index (Phi) is 1.93. The Balaban J connectivity index is 2.42. The number of benzene rings is 1. The second-order valence-electron chi connectivity index (χ2n) is 3.77. The van der Waals surface area contributed by atoms with Crippen LogP contribution in [0.4, 0.5) is 13.2 Å². The van der Waals surface area contributed by atoms with E-state index in [-0.39, 0.29) is 11.3 Å². The Labute approximate surface area is 85.6 Å². The van der Waals surface area contributed by atoms with E-state index in [1.807, 2.05) is 6.92 Å². The monoisotopic (exact) mass is 213 g/mol. The fraction of sp³-hybridized carbons (Fsp3) is 0.364. The largest absolute Gasteiger partial charge is 0.423 e. The van der Waals surface area contributed by atoms with Crippen molar-refractivity contribution in [3.05, 3.63) is 35.4 Å². The zero-order valence-electron chi connectivity index (χ0n) is 8.39. The Bertz CT molecular complexity index is 416. The molecule has 1 aromatic rings. The second kappa shape index (κ2) is 2.84. The highest BCUT2D eigenvalue weighted by molar-refractivity contribution is 6.05. The lowest BCUT2D eigenvalue weighted by Gasteiger charge is -2.19. The van der Waals surface area contributed by atoms with E-state index in [1.165, 1.54) is 19.1 Å². The maximum Gasteiger partial charge on any atom is 0.423 e. The van der Waals surface area contributed by atoms with Gasteiger partial charge in [-0.25, -0.2) is 0 Å². The van der Waals surface area contributed by atoms with E-state index in [4.69, 9.17) is 0 Å². The maximum absolute atomic E-state index is 12.8. The molecule has 1 heterocycles. The molecule has 2 rings (SSSR count). The van der Waals surface area contributed by atoms with Crippen LogP contribution in [0.3, 0.4) is 0 Å². The van der Waals surface area contributed by atoms with Crippen molar-refractivity contribution < 1.29 is 13.2 Å². The Hall–Kier alpha value is -1.32. The first kappa shape index (κ1) is 10.2. The van der Waals surface area contributed by atoms with Gasteiger partial charge < -0.3 is 0 Å². The molecule has 80 valence electrons. The minimum Gasteiger partial charge on any atom is -0.264 e. The molecule has 0 saturated carbocycles. The van der Waals surface area contributed by atoms with E-state index in [0.717, 1.165) is 5.56 Å². The van der Waals surface area contributed by atoms with Crippen molar-refractivity contribution in [3.8, 4) is 0 Å². The van der Waals surface area contributed by atoms with Crippen molar-refractivity contribution in [2.75, 3.05) is 0 Å². The molecule has 1 unspecified atom stereocenters. The maximum atomic E-state index is 12.8. The molecule has 0 fully saturated rings. The zero-order valence-corrected chi connectivity index (χ0v) is 8.39. The minimum absolute atomic E-state index is 0.138. The van der Waals surface area contributed by atoms with E-state index < -0.39 is 11.7 Å². The molecule has 1 aliphatic rings. The smallest absolute Gasteiger partial charge is 0.264 e. The van der Waals surface area contributed by atoms with Crippen molar-refractivity contribution in [1.82, 2.24) is 0 Å². The normalized spacial score (nSPS) is 25.0. The number of alkyl halides is 3. The predicted molar refractivity (Wildman–Crippen MR) is 52.0 cm³/mol. The quantitative estimate of drug-likeness (QED) is 0.679. The third-order valence-corrected chi connectivity index (χ3v) is 2.69. The molecular formula is C11H10F3N. The van der Waals surface area contributed by atoms with Gasteiger partial charge >= 0.3 is 6.18 Å². The fourth-order valence-corrected chi connectivity index (χ4v) is 1.72. The standard InChI is InChI=1S/C11H10F3N/c1-7-3-5-9(6-4-7)10(8(2)15-10)11(12,13)14/h3-6H,1-2H3. The van der Waals surface area contributed by atoms with E-state index in [1.54, 1.807) is 12.1 Å². The summed E-state index contributed by atoms with van der Waals surface area (Å²) < 4.78 is 38.5. The molecule has 0 amide bonds. The molecule has 0 spiro atoms. The number of aliphatic imine (C=N–C) groups is 1. The summed E-state index contributed by atoms with van der Waals surface area (Å²) in [5.41, 5.74) is -0.743. The summed E-state index contributed by atoms with van der Waals surface area (Å²) in [5.74, 6) is 0. The summed E-state index contributed by atoms with van der Waals surface area (Å²) in [6.45, 7) is 3.25. The highest BCUT2D eigenvalue weighted by atomic mass is 19.4. The lowest BCUT2D eigenvalue weighted by atomic mass is 9.93. The molecule has 0 aliphatic carbocycles. The first-order chi connectivity index (χ1) is 6.88. The van der Waals surface area contributed by atoms with Gasteiger partial charge in [0.05, 0.1) is 5.71 Å². The third-order valence-electron chi connectivity index (χ3n) is 2.69. The van der Waals surface area contributed by atoms with Gasteiger partial charge in [0.2, 0.25) is 5.54 Å². The van der Waals surface area contributed by atoms with Crippen LogP contribution in [0.1, 0.15) is 18.1 Å². The highest BCUT2D eigenvalue weighted by Crippen LogP contribution is 2.51. The van der Waals surface area contributed by atoms with Gasteiger partial charge in [-0.2, -0.15) is 13.2 Å². The molecule has 0 saturated heterocycles. The van der Waals surface area contributed by atoms with E-state index in [0.29, 0.717) is 0 Å².